The molecule has 0 spiro atoms. The molecule has 0 saturated carbocycles. The Balaban J connectivity index is 1.31. The summed E-state index contributed by atoms with van der Waals surface area (Å²) in [5, 5.41) is 0. The molecule has 0 bridgehead atoms. The van der Waals surface area contributed by atoms with E-state index in [1.807, 2.05) is 127 Å². The molecule has 61 heavy (non-hydrogen) atoms. The first-order valence-corrected chi connectivity index (χ1v) is 19.5. The zero-order valence-electron chi connectivity index (χ0n) is 32.8. The molecule has 9 heterocycles. The van der Waals surface area contributed by atoms with Gasteiger partial charge in [0.1, 0.15) is 0 Å². The summed E-state index contributed by atoms with van der Waals surface area (Å²) in [6.45, 7) is 4.35. The van der Waals surface area contributed by atoms with Crippen LogP contribution in [-0.4, -0.2) is 44.9 Å². The van der Waals surface area contributed by atoms with Crippen molar-refractivity contribution in [1.82, 2.24) is 44.9 Å². The first-order valence-electron chi connectivity index (χ1n) is 19.5. The Hall–Kier alpha value is -8.63. The van der Waals surface area contributed by atoms with E-state index in [9.17, 15) is 0 Å². The summed E-state index contributed by atoms with van der Waals surface area (Å²) in [5.74, 6) is 0. The Bertz CT molecular complexity index is 2770. The number of hydrogen-bond acceptors (Lipinski definition) is 10. The normalized spacial score (nSPS) is 11.3. The minimum Gasteiger partial charge on any atom is -0.405 e. The Morgan fingerprint density at radius 1 is 0.361 bits per heavy atom. The molecule has 9 aromatic rings. The molecule has 0 aliphatic carbocycles. The molecule has 0 aromatic carbocycles. The van der Waals surface area contributed by atoms with Crippen LogP contribution in [0.1, 0.15) is 5.69 Å². The molecule has 10 nitrogen and oxygen atoms in total. The zero-order chi connectivity index (χ0) is 41.4. The summed E-state index contributed by atoms with van der Waals surface area (Å²) in [6.07, 6.45) is 15.7. The van der Waals surface area contributed by atoms with E-state index >= 15 is 0 Å². The van der Waals surface area contributed by atoms with Crippen LogP contribution in [0.15, 0.2) is 202 Å². The number of nitrogens with two attached hydrogens (primary N) is 1. The van der Waals surface area contributed by atoms with Crippen LogP contribution in [0.25, 0.3) is 96.2 Å². The quantitative estimate of drug-likeness (QED) is 0.126. The third kappa shape index (κ3) is 8.64. The van der Waals surface area contributed by atoms with E-state index in [1.54, 1.807) is 37.1 Å². The van der Waals surface area contributed by atoms with E-state index < -0.39 is 0 Å². The van der Waals surface area contributed by atoms with Crippen LogP contribution in [0.2, 0.25) is 0 Å². The lowest BCUT2D eigenvalue weighted by Crippen LogP contribution is -1.99. The van der Waals surface area contributed by atoms with Crippen molar-refractivity contribution in [2.45, 2.75) is 0 Å². The van der Waals surface area contributed by atoms with E-state index in [0.717, 1.165) is 45.0 Å². The van der Waals surface area contributed by atoms with Crippen LogP contribution in [0.3, 0.4) is 0 Å². The SMILES string of the molecule is C=C(/C=C\C=C/N)c1cc(-c2cc(-c3cc(-c4ccccn4)nc(-c4ccccn4)c3)cc(-c3cc(-c4ccccn4)nc(-c4ccccn4)c3)n2)cc(-c2ccccn2)n1. The van der Waals surface area contributed by atoms with Gasteiger partial charge in [-0.05, 0) is 138 Å². The number of rotatable bonds is 11. The third-order valence-corrected chi connectivity index (χ3v) is 9.71. The van der Waals surface area contributed by atoms with Gasteiger partial charge in [-0.3, -0.25) is 24.9 Å². The van der Waals surface area contributed by atoms with Gasteiger partial charge in [0, 0.05) is 42.1 Å². The number of nitrogens with zero attached hydrogens (tertiary/aromatic N) is 9. The number of pyridine rings is 9. The van der Waals surface area contributed by atoms with Crippen molar-refractivity contribution in [2.75, 3.05) is 0 Å². The Kier molecular flexibility index (Phi) is 10.9. The standard InChI is InChI=1S/C51H36N10/c1-34(14-2-8-20-52)44-30-37(31-49(58-44)41-17-5-11-23-55-41)45-26-35(36-28-47(39-15-3-9-21-53-39)60-48(29-36)40-16-4-10-22-54-40)27-46(59-45)38-32-50(42-18-6-12-24-56-42)61-51(33-38)43-19-7-13-25-57-43/h2-33H,1,52H2/b14-2-,20-8-. The lowest BCUT2D eigenvalue weighted by molar-refractivity contribution is 1.21. The van der Waals surface area contributed by atoms with Crippen LogP contribution >= 0.6 is 0 Å². The number of aromatic nitrogens is 9. The Labute approximate surface area is 352 Å². The average Bonchev–Trinajstić information content (AvgIpc) is 3.35. The van der Waals surface area contributed by atoms with Crippen molar-refractivity contribution in [1.29, 1.82) is 0 Å². The first-order chi connectivity index (χ1) is 30.1. The van der Waals surface area contributed by atoms with Crippen molar-refractivity contribution >= 4 is 5.57 Å². The molecule has 9 rings (SSSR count). The highest BCUT2D eigenvalue weighted by atomic mass is 14.8. The fourth-order valence-corrected chi connectivity index (χ4v) is 6.76. The maximum Gasteiger partial charge on any atom is 0.0901 e. The molecular weight excluding hydrogens is 753 g/mol. The van der Waals surface area contributed by atoms with E-state index in [-0.39, 0.29) is 0 Å². The maximum absolute atomic E-state index is 5.63. The van der Waals surface area contributed by atoms with E-state index in [1.165, 1.54) is 6.20 Å². The maximum atomic E-state index is 5.63. The highest BCUT2D eigenvalue weighted by molar-refractivity contribution is 5.84. The molecule has 0 atom stereocenters. The largest absolute Gasteiger partial charge is 0.405 e. The molecule has 9 aromatic heterocycles. The molecule has 0 aliphatic heterocycles. The molecule has 0 saturated heterocycles. The average molecular weight is 789 g/mol. The second-order valence-corrected chi connectivity index (χ2v) is 13.8. The van der Waals surface area contributed by atoms with Gasteiger partial charge in [0.2, 0.25) is 0 Å². The summed E-state index contributed by atoms with van der Waals surface area (Å²) >= 11 is 0. The van der Waals surface area contributed by atoms with Crippen molar-refractivity contribution in [2.24, 2.45) is 5.73 Å². The highest BCUT2D eigenvalue weighted by Crippen LogP contribution is 2.37. The van der Waals surface area contributed by atoms with Crippen LogP contribution in [-0.2, 0) is 0 Å². The summed E-state index contributed by atoms with van der Waals surface area (Å²) in [6, 6.07) is 45.3. The van der Waals surface area contributed by atoms with Crippen LogP contribution in [0.4, 0.5) is 0 Å². The molecule has 0 fully saturated rings. The molecule has 290 valence electrons. The lowest BCUT2D eigenvalue weighted by atomic mass is 9.97. The second-order valence-electron chi connectivity index (χ2n) is 13.8. The minimum atomic E-state index is 0.658. The number of allylic oxidation sites excluding steroid dienone is 4. The van der Waals surface area contributed by atoms with Gasteiger partial charge in [0.05, 0.1) is 74.0 Å². The Morgan fingerprint density at radius 2 is 0.689 bits per heavy atom. The first kappa shape index (κ1) is 37.9. The fourth-order valence-electron chi connectivity index (χ4n) is 6.76. The van der Waals surface area contributed by atoms with Gasteiger partial charge in [-0.2, -0.15) is 0 Å². The predicted octanol–water partition coefficient (Wildman–Crippen LogP) is 10.6. The van der Waals surface area contributed by atoms with Crippen LogP contribution in [0, 0.1) is 0 Å². The van der Waals surface area contributed by atoms with Gasteiger partial charge in [-0.25, -0.2) is 19.9 Å². The van der Waals surface area contributed by atoms with Gasteiger partial charge in [0.15, 0.2) is 0 Å². The minimum absolute atomic E-state index is 0.658. The van der Waals surface area contributed by atoms with Crippen molar-refractivity contribution in [3.8, 4) is 90.6 Å². The second kappa shape index (κ2) is 17.5. The molecule has 2 N–H and O–H groups in total. The molecule has 0 radical (unpaired) electrons. The zero-order valence-corrected chi connectivity index (χ0v) is 32.8. The molecule has 0 amide bonds. The van der Waals surface area contributed by atoms with Crippen LogP contribution in [0.5, 0.6) is 0 Å². The molecule has 0 unspecified atom stereocenters. The van der Waals surface area contributed by atoms with Gasteiger partial charge >= 0.3 is 0 Å². The van der Waals surface area contributed by atoms with E-state index in [4.69, 9.17) is 25.7 Å². The summed E-state index contributed by atoms with van der Waals surface area (Å²) in [7, 11) is 0. The summed E-state index contributed by atoms with van der Waals surface area (Å²) in [4.78, 5) is 43.8. The molecule has 0 aliphatic rings. The topological polar surface area (TPSA) is 142 Å². The van der Waals surface area contributed by atoms with Crippen molar-refractivity contribution in [3.05, 3.63) is 207 Å². The monoisotopic (exact) mass is 788 g/mol. The summed E-state index contributed by atoms with van der Waals surface area (Å²) in [5.41, 5.74) is 18.9. The molecular formula is C51H36N10. The Morgan fingerprint density at radius 3 is 1.05 bits per heavy atom. The van der Waals surface area contributed by atoms with Crippen LogP contribution < -0.4 is 5.73 Å². The van der Waals surface area contributed by atoms with Gasteiger partial charge in [-0.1, -0.05) is 49.1 Å². The summed E-state index contributed by atoms with van der Waals surface area (Å²) < 4.78 is 0. The van der Waals surface area contributed by atoms with Gasteiger partial charge in [-0.15, -0.1) is 0 Å². The van der Waals surface area contributed by atoms with Crippen molar-refractivity contribution in [3.63, 3.8) is 0 Å². The lowest BCUT2D eigenvalue weighted by Gasteiger charge is -2.15. The van der Waals surface area contributed by atoms with E-state index in [0.29, 0.717) is 56.8 Å². The fraction of sp³-hybridized carbons (Fsp3) is 0. The van der Waals surface area contributed by atoms with Gasteiger partial charge < -0.3 is 5.73 Å². The molecule has 10 heteroatoms. The smallest absolute Gasteiger partial charge is 0.0901 e. The predicted molar refractivity (Wildman–Crippen MR) is 242 cm³/mol. The van der Waals surface area contributed by atoms with Gasteiger partial charge in [0.25, 0.3) is 0 Å². The van der Waals surface area contributed by atoms with E-state index in [2.05, 4.69) is 55.8 Å². The van der Waals surface area contributed by atoms with Crippen molar-refractivity contribution < 1.29 is 0 Å². The third-order valence-electron chi connectivity index (χ3n) is 9.71. The number of hydrogen-bond donors (Lipinski definition) is 1. The highest BCUT2D eigenvalue weighted by Gasteiger charge is 2.18.